The van der Waals surface area contributed by atoms with Crippen LogP contribution in [-0.4, -0.2) is 23.7 Å². The number of hydrogen-bond donors (Lipinski definition) is 0. The Balaban J connectivity index is 1.87. The summed E-state index contributed by atoms with van der Waals surface area (Å²) in [7, 11) is 1.14. The number of hydrogen-bond acceptors (Lipinski definition) is 7. The molecule has 0 aliphatic rings. The Morgan fingerprint density at radius 2 is 1.89 bits per heavy atom. The monoisotopic (exact) mass is 521 g/mol. The van der Waals surface area contributed by atoms with E-state index in [4.69, 9.17) is 5.26 Å². The Kier molecular flexibility index (Phi) is 5.65. The third-order valence-corrected chi connectivity index (χ3v) is 6.98. The van der Waals surface area contributed by atoms with E-state index >= 15 is 0 Å². The molecular weight excluding hydrogens is 507 g/mol. The first kappa shape index (κ1) is 24.0. The number of halogens is 3. The van der Waals surface area contributed by atoms with Crippen molar-refractivity contribution in [2.45, 2.75) is 19.1 Å². The van der Waals surface area contributed by atoms with Gasteiger partial charge in [0.2, 0.25) is 5.82 Å². The van der Waals surface area contributed by atoms with Crippen molar-refractivity contribution in [2.75, 3.05) is 0 Å². The Labute approximate surface area is 209 Å². The molecule has 0 saturated heterocycles. The third kappa shape index (κ3) is 3.77. The number of imidazole rings is 1. The van der Waals surface area contributed by atoms with E-state index in [1.54, 1.807) is 30.3 Å². The van der Waals surface area contributed by atoms with Crippen molar-refractivity contribution >= 4 is 32.6 Å². The number of aryl methyl sites for hydroxylation is 2. The third-order valence-electron chi connectivity index (χ3n) is 5.84. The molecule has 4 aromatic heterocycles. The van der Waals surface area contributed by atoms with Crippen LogP contribution in [0.3, 0.4) is 0 Å². The van der Waals surface area contributed by atoms with Gasteiger partial charge in [-0.1, -0.05) is 18.2 Å². The molecule has 5 aromatic rings. The molecule has 0 N–H and O–H groups in total. The molecule has 0 atom stereocenters. The van der Waals surface area contributed by atoms with Gasteiger partial charge < -0.3 is 4.57 Å². The van der Waals surface area contributed by atoms with Gasteiger partial charge in [-0.25, -0.2) is 14.3 Å². The highest BCUT2D eigenvalue weighted by Gasteiger charge is 2.37. The van der Waals surface area contributed by atoms with E-state index in [1.807, 2.05) is 6.07 Å². The molecule has 184 valence electrons. The van der Waals surface area contributed by atoms with Gasteiger partial charge in [0, 0.05) is 24.0 Å². The predicted octanol–water partition coefficient (Wildman–Crippen LogP) is 3.97. The van der Waals surface area contributed by atoms with Crippen molar-refractivity contribution in [3.05, 3.63) is 75.0 Å². The standard InChI is InChI=1S/C24H14F3N7O2S/c1-32-19-15(31-22(32)24(25,26)27)11-30-12-17(19)34-21(35)20-16(33(23(34)36)8-4-7-28)9-18(37-20)14-6-3-2-5-13(14)10-29/h2-3,5-6,9,11-12H,4,8H2,1H3. The summed E-state index contributed by atoms with van der Waals surface area (Å²) in [4.78, 5) is 35.4. The zero-order chi connectivity index (χ0) is 26.5. The molecule has 0 bridgehead atoms. The number of thiophene rings is 1. The molecule has 9 nitrogen and oxygen atoms in total. The summed E-state index contributed by atoms with van der Waals surface area (Å²) >= 11 is 1.04. The highest BCUT2D eigenvalue weighted by molar-refractivity contribution is 7.22. The second-order valence-corrected chi connectivity index (χ2v) is 9.04. The Morgan fingerprint density at radius 1 is 1.14 bits per heavy atom. The van der Waals surface area contributed by atoms with Crippen molar-refractivity contribution in [1.82, 2.24) is 23.7 Å². The maximum atomic E-state index is 13.7. The van der Waals surface area contributed by atoms with Crippen LogP contribution in [-0.2, 0) is 19.8 Å². The van der Waals surface area contributed by atoms with Gasteiger partial charge in [-0.2, -0.15) is 23.7 Å². The van der Waals surface area contributed by atoms with Gasteiger partial charge in [-0.15, -0.1) is 11.3 Å². The number of rotatable bonds is 4. The molecule has 0 aliphatic carbocycles. The van der Waals surface area contributed by atoms with Crippen LogP contribution in [0.2, 0.25) is 0 Å². The second kappa shape index (κ2) is 8.72. The maximum absolute atomic E-state index is 13.7. The largest absolute Gasteiger partial charge is 0.449 e. The number of alkyl halides is 3. The lowest BCUT2D eigenvalue weighted by atomic mass is 10.1. The maximum Gasteiger partial charge on any atom is 0.449 e. The summed E-state index contributed by atoms with van der Waals surface area (Å²) in [5, 5.41) is 18.6. The summed E-state index contributed by atoms with van der Waals surface area (Å²) in [6.45, 7) is -0.0647. The van der Waals surface area contributed by atoms with Crippen LogP contribution < -0.4 is 11.2 Å². The molecule has 0 unspecified atom stereocenters. The lowest BCUT2D eigenvalue weighted by molar-refractivity contribution is -0.146. The van der Waals surface area contributed by atoms with Gasteiger partial charge in [0.05, 0.1) is 53.2 Å². The summed E-state index contributed by atoms with van der Waals surface area (Å²) in [5.41, 5.74) is -0.826. The number of nitrogens with zero attached hydrogens (tertiary/aromatic N) is 7. The molecule has 0 fully saturated rings. The first-order valence-corrected chi connectivity index (χ1v) is 11.5. The van der Waals surface area contributed by atoms with Crippen LogP contribution in [0.15, 0.2) is 52.3 Å². The van der Waals surface area contributed by atoms with E-state index in [0.29, 0.717) is 16.0 Å². The van der Waals surface area contributed by atoms with E-state index in [1.165, 1.54) is 4.57 Å². The van der Waals surface area contributed by atoms with Crippen LogP contribution in [0.1, 0.15) is 17.8 Å². The van der Waals surface area contributed by atoms with Crippen molar-refractivity contribution in [3.63, 3.8) is 0 Å². The second-order valence-electron chi connectivity index (χ2n) is 7.98. The van der Waals surface area contributed by atoms with Crippen molar-refractivity contribution < 1.29 is 13.2 Å². The first-order valence-electron chi connectivity index (χ1n) is 10.7. The molecule has 1 aromatic carbocycles. The molecule has 0 amide bonds. The Hall–Kier alpha value is -4.75. The van der Waals surface area contributed by atoms with Gasteiger partial charge in [-0.05, 0) is 12.1 Å². The zero-order valence-electron chi connectivity index (χ0n) is 18.9. The molecule has 5 rings (SSSR count). The Bertz CT molecular complexity index is 1920. The number of pyridine rings is 1. The molecular formula is C24H14F3N7O2S. The molecule has 0 radical (unpaired) electrons. The fraction of sp³-hybridized carbons (Fsp3) is 0.167. The number of fused-ring (bicyclic) bond motifs is 2. The number of nitriles is 2. The van der Waals surface area contributed by atoms with Crippen molar-refractivity contribution in [3.8, 4) is 28.3 Å². The van der Waals surface area contributed by atoms with Crippen LogP contribution in [0.4, 0.5) is 13.2 Å². The Morgan fingerprint density at radius 3 is 2.59 bits per heavy atom. The summed E-state index contributed by atoms with van der Waals surface area (Å²) in [6.07, 6.45) is -2.58. The average Bonchev–Trinajstić information content (AvgIpc) is 3.46. The van der Waals surface area contributed by atoms with Crippen LogP contribution in [0, 0.1) is 22.7 Å². The minimum absolute atomic E-state index is 0.0560. The minimum Gasteiger partial charge on any atom is -0.322 e. The van der Waals surface area contributed by atoms with E-state index in [-0.39, 0.29) is 39.9 Å². The van der Waals surface area contributed by atoms with Gasteiger partial charge in [-0.3, -0.25) is 14.3 Å². The lowest BCUT2D eigenvalue weighted by Gasteiger charge is -2.12. The first-order chi connectivity index (χ1) is 17.7. The van der Waals surface area contributed by atoms with Crippen LogP contribution in [0.25, 0.3) is 37.4 Å². The van der Waals surface area contributed by atoms with E-state index in [2.05, 4.69) is 16.0 Å². The average molecular weight is 521 g/mol. The van der Waals surface area contributed by atoms with E-state index < -0.39 is 23.2 Å². The highest BCUT2D eigenvalue weighted by Crippen LogP contribution is 2.35. The lowest BCUT2D eigenvalue weighted by Crippen LogP contribution is -2.38. The number of aromatic nitrogens is 5. The normalized spacial score (nSPS) is 11.6. The van der Waals surface area contributed by atoms with Crippen LogP contribution in [0.5, 0.6) is 0 Å². The topological polar surface area (TPSA) is 122 Å². The predicted molar refractivity (Wildman–Crippen MR) is 129 cm³/mol. The summed E-state index contributed by atoms with van der Waals surface area (Å²) in [5.74, 6) is -1.21. The van der Waals surface area contributed by atoms with E-state index in [9.17, 15) is 28.0 Å². The summed E-state index contributed by atoms with van der Waals surface area (Å²) < 4.78 is 43.5. The molecule has 0 saturated carbocycles. The molecule has 0 aliphatic heterocycles. The van der Waals surface area contributed by atoms with Gasteiger partial charge in [0.1, 0.15) is 10.2 Å². The van der Waals surface area contributed by atoms with Crippen molar-refractivity contribution in [1.29, 1.82) is 10.5 Å². The molecule has 4 heterocycles. The van der Waals surface area contributed by atoms with Gasteiger partial charge in [0.15, 0.2) is 0 Å². The summed E-state index contributed by atoms with van der Waals surface area (Å²) in [6, 6.07) is 12.4. The highest BCUT2D eigenvalue weighted by atomic mass is 32.1. The molecule has 13 heteroatoms. The fourth-order valence-corrected chi connectivity index (χ4v) is 5.37. The van der Waals surface area contributed by atoms with Crippen LogP contribution >= 0.6 is 11.3 Å². The number of benzene rings is 1. The quantitative estimate of drug-likeness (QED) is 0.353. The SMILES string of the molecule is Cn1c(C(F)(F)F)nc2cncc(-n3c(=O)c4sc(-c5ccccc5C#N)cc4n(CCC#N)c3=O)c21. The van der Waals surface area contributed by atoms with Gasteiger partial charge >= 0.3 is 11.9 Å². The smallest absolute Gasteiger partial charge is 0.322 e. The van der Waals surface area contributed by atoms with Gasteiger partial charge in [0.25, 0.3) is 5.56 Å². The van der Waals surface area contributed by atoms with E-state index in [0.717, 1.165) is 39.9 Å². The van der Waals surface area contributed by atoms with Crippen molar-refractivity contribution in [2.24, 2.45) is 7.05 Å². The fourth-order valence-electron chi connectivity index (χ4n) is 4.24. The molecule has 0 spiro atoms. The minimum atomic E-state index is -4.77. The molecule has 37 heavy (non-hydrogen) atoms. The zero-order valence-corrected chi connectivity index (χ0v) is 19.8.